The lowest BCUT2D eigenvalue weighted by Gasteiger charge is -2.42. The highest BCUT2D eigenvalue weighted by atomic mass is 19.4. The van der Waals surface area contributed by atoms with Crippen LogP contribution in [0.15, 0.2) is 54.9 Å². The molecule has 6 nitrogen and oxygen atoms in total. The van der Waals surface area contributed by atoms with E-state index in [0.717, 1.165) is 60.9 Å². The molecule has 1 heterocycles. The Labute approximate surface area is 218 Å². The monoisotopic (exact) mass is 527 g/mol. The molecular formula is C28H29F4N5O. The van der Waals surface area contributed by atoms with E-state index < -0.39 is 23.5 Å². The fourth-order valence-corrected chi connectivity index (χ4v) is 4.99. The first kappa shape index (κ1) is 25.9. The number of nitrogens with zero attached hydrogens (tertiary/aromatic N) is 3. The summed E-state index contributed by atoms with van der Waals surface area (Å²) in [5.74, 6) is -0.568. The summed E-state index contributed by atoms with van der Waals surface area (Å²) in [6.07, 6.45) is 1.69. The molecule has 2 aromatic carbocycles. The maximum Gasteiger partial charge on any atom is 0.416 e. The zero-order valence-corrected chi connectivity index (χ0v) is 20.7. The van der Waals surface area contributed by atoms with Crippen LogP contribution in [0.4, 0.5) is 29.2 Å². The zero-order chi connectivity index (χ0) is 26.9. The average molecular weight is 528 g/mol. The standard InChI is InChI=1S/C28H29F4N5O/c29-24-26(34-15-18-6-4-17(5-7-18)14-23(33)38)35-16-36-27(24)37(22-12-13-22)25(19-2-1-3-19)20-8-10-21(11-9-20)28(30,31)32/h4-11,16,19,22,25H,1-3,12-15H2,(H2,33,38)(H,34,35,36). The van der Waals surface area contributed by atoms with Gasteiger partial charge in [-0.25, -0.2) is 9.97 Å². The summed E-state index contributed by atoms with van der Waals surface area (Å²) in [4.78, 5) is 21.5. The first-order valence-electron chi connectivity index (χ1n) is 12.8. The van der Waals surface area contributed by atoms with Crippen molar-refractivity contribution < 1.29 is 22.4 Å². The molecular weight excluding hydrogens is 498 g/mol. The number of alkyl halides is 3. The maximum atomic E-state index is 15.9. The average Bonchev–Trinajstić information content (AvgIpc) is 3.68. The molecule has 38 heavy (non-hydrogen) atoms. The summed E-state index contributed by atoms with van der Waals surface area (Å²) in [7, 11) is 0. The zero-order valence-electron chi connectivity index (χ0n) is 20.7. The number of carbonyl (C=O) groups excluding carboxylic acids is 1. The Morgan fingerprint density at radius 2 is 1.66 bits per heavy atom. The second kappa shape index (κ2) is 10.6. The maximum absolute atomic E-state index is 15.9. The van der Waals surface area contributed by atoms with Gasteiger partial charge < -0.3 is 16.0 Å². The second-order valence-electron chi connectivity index (χ2n) is 10.1. The van der Waals surface area contributed by atoms with Crippen LogP contribution in [0, 0.1) is 11.7 Å². The SMILES string of the molecule is NC(=O)Cc1ccc(CNc2ncnc(N(C3CC3)C(c3ccc(C(F)(F)F)cc3)C3CCC3)c2F)cc1. The molecule has 3 N–H and O–H groups in total. The van der Waals surface area contributed by atoms with Gasteiger partial charge in [0.25, 0.3) is 0 Å². The van der Waals surface area contributed by atoms with Crippen LogP contribution in [0.25, 0.3) is 0 Å². The van der Waals surface area contributed by atoms with Crippen LogP contribution < -0.4 is 16.0 Å². The Morgan fingerprint density at radius 1 is 1.00 bits per heavy atom. The van der Waals surface area contributed by atoms with Gasteiger partial charge in [-0.2, -0.15) is 17.6 Å². The lowest BCUT2D eigenvalue weighted by atomic mass is 9.76. The number of nitrogens with two attached hydrogens (primary N) is 1. The van der Waals surface area contributed by atoms with Crippen LogP contribution in [0.2, 0.25) is 0 Å². The molecule has 0 saturated heterocycles. The number of rotatable bonds is 10. The third-order valence-electron chi connectivity index (χ3n) is 7.29. The summed E-state index contributed by atoms with van der Waals surface area (Å²) in [6, 6.07) is 12.3. The minimum absolute atomic E-state index is 0.0571. The fourth-order valence-electron chi connectivity index (χ4n) is 4.99. The van der Waals surface area contributed by atoms with Gasteiger partial charge in [0.05, 0.1) is 18.0 Å². The van der Waals surface area contributed by atoms with E-state index in [1.54, 1.807) is 12.1 Å². The van der Waals surface area contributed by atoms with Crippen molar-refractivity contribution in [3.05, 3.63) is 82.9 Å². The van der Waals surface area contributed by atoms with Crippen LogP contribution >= 0.6 is 0 Å². The Hall–Kier alpha value is -3.69. The number of anilines is 2. The number of nitrogens with one attached hydrogen (secondary N) is 1. The summed E-state index contributed by atoms with van der Waals surface area (Å²) in [5, 5.41) is 3.03. The topological polar surface area (TPSA) is 84.1 Å². The lowest BCUT2D eigenvalue weighted by molar-refractivity contribution is -0.137. The highest BCUT2D eigenvalue weighted by Gasteiger charge is 2.43. The summed E-state index contributed by atoms with van der Waals surface area (Å²) in [5.41, 5.74) is 6.93. The molecule has 0 radical (unpaired) electrons. The normalized spacial score (nSPS) is 16.5. The Morgan fingerprint density at radius 3 is 2.21 bits per heavy atom. The summed E-state index contributed by atoms with van der Waals surface area (Å²) >= 11 is 0. The van der Waals surface area contributed by atoms with Gasteiger partial charge in [-0.1, -0.05) is 42.8 Å². The quantitative estimate of drug-likeness (QED) is 0.327. The van der Waals surface area contributed by atoms with Gasteiger partial charge >= 0.3 is 6.18 Å². The number of halogens is 4. The first-order chi connectivity index (χ1) is 18.2. The van der Waals surface area contributed by atoms with Crippen molar-refractivity contribution in [1.29, 1.82) is 0 Å². The van der Waals surface area contributed by atoms with Crippen LogP contribution in [0.3, 0.4) is 0 Å². The van der Waals surface area contributed by atoms with E-state index in [0.29, 0.717) is 6.54 Å². The molecule has 1 unspecified atom stereocenters. The van der Waals surface area contributed by atoms with E-state index in [-0.39, 0.29) is 36.1 Å². The molecule has 3 aromatic rings. The summed E-state index contributed by atoms with van der Waals surface area (Å²) in [6.45, 7) is 0.304. The molecule has 1 amide bonds. The molecule has 0 spiro atoms. The van der Waals surface area contributed by atoms with Gasteiger partial charge in [-0.05, 0) is 60.4 Å². The second-order valence-corrected chi connectivity index (χ2v) is 10.1. The number of aromatic nitrogens is 2. The molecule has 1 aromatic heterocycles. The van der Waals surface area contributed by atoms with Crippen molar-refractivity contribution in [2.75, 3.05) is 10.2 Å². The largest absolute Gasteiger partial charge is 0.416 e. The number of hydrogen-bond acceptors (Lipinski definition) is 5. The Balaban J connectivity index is 1.40. The highest BCUT2D eigenvalue weighted by Crippen LogP contribution is 2.48. The molecule has 2 aliphatic rings. The van der Waals surface area contributed by atoms with Crippen molar-refractivity contribution in [3.8, 4) is 0 Å². The third-order valence-corrected chi connectivity index (χ3v) is 7.29. The molecule has 0 bridgehead atoms. The van der Waals surface area contributed by atoms with Gasteiger partial charge in [-0.15, -0.1) is 0 Å². The predicted octanol–water partition coefficient (Wildman–Crippen LogP) is 5.78. The van der Waals surface area contributed by atoms with E-state index >= 15 is 4.39 Å². The Kier molecular flexibility index (Phi) is 7.23. The van der Waals surface area contributed by atoms with Crippen LogP contribution in [-0.4, -0.2) is 21.9 Å². The molecule has 200 valence electrons. The minimum atomic E-state index is -4.41. The van der Waals surface area contributed by atoms with E-state index in [1.165, 1.54) is 18.5 Å². The van der Waals surface area contributed by atoms with Gasteiger partial charge in [-0.3, -0.25) is 4.79 Å². The van der Waals surface area contributed by atoms with Crippen LogP contribution in [0.1, 0.15) is 60.4 Å². The molecule has 10 heteroatoms. The van der Waals surface area contributed by atoms with Gasteiger partial charge in [0.2, 0.25) is 11.7 Å². The van der Waals surface area contributed by atoms with Gasteiger partial charge in [0.1, 0.15) is 6.33 Å². The summed E-state index contributed by atoms with van der Waals surface area (Å²) < 4.78 is 55.4. The van der Waals surface area contributed by atoms with Crippen molar-refractivity contribution in [2.24, 2.45) is 11.7 Å². The Bertz CT molecular complexity index is 1270. The van der Waals surface area contributed by atoms with Crippen molar-refractivity contribution in [2.45, 2.75) is 63.3 Å². The molecule has 5 rings (SSSR count). The number of benzene rings is 2. The number of amides is 1. The molecule has 2 saturated carbocycles. The minimum Gasteiger partial charge on any atom is -0.369 e. The van der Waals surface area contributed by atoms with Gasteiger partial charge in [0.15, 0.2) is 11.6 Å². The lowest BCUT2D eigenvalue weighted by Crippen LogP contribution is -2.39. The molecule has 2 aliphatic carbocycles. The van der Waals surface area contributed by atoms with Crippen molar-refractivity contribution in [3.63, 3.8) is 0 Å². The fraction of sp³-hybridized carbons (Fsp3) is 0.393. The van der Waals surface area contributed by atoms with Crippen molar-refractivity contribution in [1.82, 2.24) is 9.97 Å². The van der Waals surface area contributed by atoms with Crippen LogP contribution in [-0.2, 0) is 23.9 Å². The first-order valence-corrected chi connectivity index (χ1v) is 12.8. The number of carbonyl (C=O) groups is 1. The number of primary amides is 1. The van der Waals surface area contributed by atoms with E-state index in [9.17, 15) is 18.0 Å². The van der Waals surface area contributed by atoms with E-state index in [4.69, 9.17) is 5.73 Å². The van der Waals surface area contributed by atoms with Crippen LogP contribution in [0.5, 0.6) is 0 Å². The third kappa shape index (κ3) is 5.74. The molecule has 0 aliphatic heterocycles. The molecule has 1 atom stereocenters. The van der Waals surface area contributed by atoms with Gasteiger partial charge in [0, 0.05) is 12.6 Å². The van der Waals surface area contributed by atoms with E-state index in [2.05, 4.69) is 15.3 Å². The predicted molar refractivity (Wildman–Crippen MR) is 136 cm³/mol. The number of hydrogen-bond donors (Lipinski definition) is 2. The highest BCUT2D eigenvalue weighted by molar-refractivity contribution is 5.76. The van der Waals surface area contributed by atoms with Crippen molar-refractivity contribution >= 4 is 17.5 Å². The van der Waals surface area contributed by atoms with E-state index in [1.807, 2.05) is 17.0 Å². The smallest absolute Gasteiger partial charge is 0.369 e. The molecule has 2 fully saturated rings.